The molecular weight excluding hydrogens is 224 g/mol. The molecule has 0 saturated heterocycles. The van der Waals surface area contributed by atoms with E-state index in [-0.39, 0.29) is 11.3 Å². The zero-order chi connectivity index (χ0) is 13.2. The minimum absolute atomic E-state index is 0.153. The van der Waals surface area contributed by atoms with E-state index >= 15 is 0 Å². The maximum absolute atomic E-state index is 12.4. The van der Waals surface area contributed by atoms with Gasteiger partial charge >= 0.3 is 0 Å². The van der Waals surface area contributed by atoms with Crippen LogP contribution in [-0.4, -0.2) is 5.91 Å². The molecule has 1 fully saturated rings. The average Bonchev–Trinajstić information content (AvgIpc) is 2.84. The monoisotopic (exact) mass is 246 g/mol. The van der Waals surface area contributed by atoms with Crippen LogP contribution < -0.4 is 11.1 Å². The van der Waals surface area contributed by atoms with Gasteiger partial charge in [-0.1, -0.05) is 25.8 Å². The predicted molar refractivity (Wildman–Crippen MR) is 75.4 cm³/mol. The van der Waals surface area contributed by atoms with Gasteiger partial charge in [-0.3, -0.25) is 4.79 Å². The van der Waals surface area contributed by atoms with Gasteiger partial charge < -0.3 is 11.1 Å². The van der Waals surface area contributed by atoms with Crippen LogP contribution in [0.15, 0.2) is 18.2 Å². The maximum Gasteiger partial charge on any atom is 0.230 e. The van der Waals surface area contributed by atoms with E-state index in [1.54, 1.807) is 0 Å². The molecule has 3 nitrogen and oxygen atoms in total. The summed E-state index contributed by atoms with van der Waals surface area (Å²) >= 11 is 0. The number of carbonyl (C=O) groups excluding carboxylic acids is 1. The summed E-state index contributed by atoms with van der Waals surface area (Å²) in [6.45, 7) is 4.07. The number of hydrogen-bond donors (Lipinski definition) is 2. The third-order valence-corrected chi connectivity index (χ3v) is 4.26. The Morgan fingerprint density at radius 2 is 2.06 bits per heavy atom. The standard InChI is InChI=1S/C15H22N2O/c1-3-15(8-4-5-9-15)14(18)17-12-7-6-11(2)13(16)10-12/h6-7,10H,3-5,8-9,16H2,1-2H3,(H,17,18). The van der Waals surface area contributed by atoms with Gasteiger partial charge in [0.1, 0.15) is 0 Å². The molecule has 0 aromatic heterocycles. The molecule has 0 spiro atoms. The summed E-state index contributed by atoms with van der Waals surface area (Å²) < 4.78 is 0. The van der Waals surface area contributed by atoms with Gasteiger partial charge in [-0.2, -0.15) is 0 Å². The van der Waals surface area contributed by atoms with Crippen LogP contribution in [0, 0.1) is 12.3 Å². The molecule has 0 unspecified atom stereocenters. The van der Waals surface area contributed by atoms with Crippen molar-refractivity contribution in [1.82, 2.24) is 0 Å². The minimum Gasteiger partial charge on any atom is -0.398 e. The van der Waals surface area contributed by atoms with E-state index < -0.39 is 0 Å². The van der Waals surface area contributed by atoms with Gasteiger partial charge in [0.25, 0.3) is 0 Å². The Balaban J connectivity index is 2.13. The highest BCUT2D eigenvalue weighted by Crippen LogP contribution is 2.41. The van der Waals surface area contributed by atoms with E-state index in [9.17, 15) is 4.79 Å². The number of nitrogens with two attached hydrogens (primary N) is 1. The summed E-state index contributed by atoms with van der Waals surface area (Å²) in [5.74, 6) is 0.158. The SMILES string of the molecule is CCC1(C(=O)Nc2ccc(C)c(N)c2)CCCC1. The molecule has 0 atom stereocenters. The van der Waals surface area contributed by atoms with Crippen molar-refractivity contribution in [2.75, 3.05) is 11.1 Å². The van der Waals surface area contributed by atoms with Gasteiger partial charge in [0.05, 0.1) is 0 Å². The van der Waals surface area contributed by atoms with E-state index in [2.05, 4.69) is 12.2 Å². The van der Waals surface area contributed by atoms with Crippen LogP contribution in [0.5, 0.6) is 0 Å². The van der Waals surface area contributed by atoms with Crippen LogP contribution in [0.4, 0.5) is 11.4 Å². The lowest BCUT2D eigenvalue weighted by Gasteiger charge is -2.26. The predicted octanol–water partition coefficient (Wildman–Crippen LogP) is 3.49. The van der Waals surface area contributed by atoms with Gasteiger partial charge in [-0.15, -0.1) is 0 Å². The van der Waals surface area contributed by atoms with Crippen molar-refractivity contribution in [3.8, 4) is 0 Å². The molecule has 1 aromatic rings. The number of nitrogens with one attached hydrogen (secondary N) is 1. The highest BCUT2D eigenvalue weighted by Gasteiger charge is 2.39. The molecule has 0 radical (unpaired) electrons. The Morgan fingerprint density at radius 3 is 2.61 bits per heavy atom. The van der Waals surface area contributed by atoms with Gasteiger partial charge in [0.2, 0.25) is 5.91 Å². The second kappa shape index (κ2) is 5.01. The lowest BCUT2D eigenvalue weighted by Crippen LogP contribution is -2.33. The van der Waals surface area contributed by atoms with Gasteiger partial charge in [0, 0.05) is 16.8 Å². The van der Waals surface area contributed by atoms with Crippen LogP contribution in [0.25, 0.3) is 0 Å². The van der Waals surface area contributed by atoms with E-state index in [0.717, 1.165) is 49.0 Å². The van der Waals surface area contributed by atoms with E-state index in [1.165, 1.54) is 0 Å². The second-order valence-corrected chi connectivity index (χ2v) is 5.37. The Kier molecular flexibility index (Phi) is 3.60. The summed E-state index contributed by atoms with van der Waals surface area (Å²) in [5.41, 5.74) is 8.29. The Bertz CT molecular complexity index is 448. The Morgan fingerprint density at radius 1 is 1.39 bits per heavy atom. The highest BCUT2D eigenvalue weighted by atomic mass is 16.2. The fourth-order valence-electron chi connectivity index (χ4n) is 2.77. The van der Waals surface area contributed by atoms with E-state index in [1.807, 2.05) is 25.1 Å². The molecule has 1 aliphatic rings. The smallest absolute Gasteiger partial charge is 0.230 e. The topological polar surface area (TPSA) is 55.1 Å². The summed E-state index contributed by atoms with van der Waals surface area (Å²) in [6.07, 6.45) is 5.27. The summed E-state index contributed by atoms with van der Waals surface area (Å²) in [4.78, 5) is 12.4. The molecule has 0 bridgehead atoms. The Labute approximate surface area is 109 Å². The second-order valence-electron chi connectivity index (χ2n) is 5.37. The maximum atomic E-state index is 12.4. The normalized spacial score (nSPS) is 17.7. The number of amides is 1. The van der Waals surface area contributed by atoms with Crippen molar-refractivity contribution >= 4 is 17.3 Å². The largest absolute Gasteiger partial charge is 0.398 e. The fourth-order valence-corrected chi connectivity index (χ4v) is 2.77. The lowest BCUT2D eigenvalue weighted by atomic mass is 9.82. The molecule has 2 rings (SSSR count). The van der Waals surface area contributed by atoms with Crippen LogP contribution in [-0.2, 0) is 4.79 Å². The third kappa shape index (κ3) is 2.35. The van der Waals surface area contributed by atoms with Crippen molar-refractivity contribution in [1.29, 1.82) is 0 Å². The number of hydrogen-bond acceptors (Lipinski definition) is 2. The first-order valence-corrected chi connectivity index (χ1v) is 6.75. The zero-order valence-electron chi connectivity index (χ0n) is 11.3. The molecule has 3 heteroatoms. The molecule has 1 aliphatic carbocycles. The number of carbonyl (C=O) groups is 1. The fraction of sp³-hybridized carbons (Fsp3) is 0.533. The van der Waals surface area contributed by atoms with Crippen molar-refractivity contribution in [3.05, 3.63) is 23.8 Å². The van der Waals surface area contributed by atoms with Gasteiger partial charge in [-0.25, -0.2) is 0 Å². The van der Waals surface area contributed by atoms with Crippen LogP contribution in [0.1, 0.15) is 44.6 Å². The van der Waals surface area contributed by atoms with Crippen molar-refractivity contribution < 1.29 is 4.79 Å². The quantitative estimate of drug-likeness (QED) is 0.802. The number of benzene rings is 1. The van der Waals surface area contributed by atoms with Crippen LogP contribution in [0.3, 0.4) is 0 Å². The van der Waals surface area contributed by atoms with Crippen molar-refractivity contribution in [3.63, 3.8) is 0 Å². The molecule has 3 N–H and O–H groups in total. The van der Waals surface area contributed by atoms with Gasteiger partial charge in [-0.05, 0) is 43.9 Å². The molecule has 1 aromatic carbocycles. The average molecular weight is 246 g/mol. The first-order chi connectivity index (χ1) is 8.57. The number of rotatable bonds is 3. The number of nitrogen functional groups attached to an aromatic ring is 1. The first kappa shape index (κ1) is 12.9. The van der Waals surface area contributed by atoms with Gasteiger partial charge in [0.15, 0.2) is 0 Å². The lowest BCUT2D eigenvalue weighted by molar-refractivity contribution is -0.125. The minimum atomic E-state index is -0.153. The van der Waals surface area contributed by atoms with Crippen LogP contribution in [0.2, 0.25) is 0 Å². The van der Waals surface area contributed by atoms with Crippen LogP contribution >= 0.6 is 0 Å². The highest BCUT2D eigenvalue weighted by molar-refractivity contribution is 5.95. The van der Waals surface area contributed by atoms with E-state index in [4.69, 9.17) is 5.73 Å². The molecule has 0 heterocycles. The molecule has 98 valence electrons. The van der Waals surface area contributed by atoms with Crippen molar-refractivity contribution in [2.45, 2.75) is 46.0 Å². The zero-order valence-corrected chi connectivity index (χ0v) is 11.3. The third-order valence-electron chi connectivity index (χ3n) is 4.26. The molecular formula is C15H22N2O. The van der Waals surface area contributed by atoms with E-state index in [0.29, 0.717) is 0 Å². The first-order valence-electron chi connectivity index (χ1n) is 6.75. The van der Waals surface area contributed by atoms with Crippen molar-refractivity contribution in [2.24, 2.45) is 5.41 Å². The molecule has 1 saturated carbocycles. The molecule has 18 heavy (non-hydrogen) atoms. The number of anilines is 2. The molecule has 0 aliphatic heterocycles. The summed E-state index contributed by atoms with van der Waals surface area (Å²) in [6, 6.07) is 5.70. The summed E-state index contributed by atoms with van der Waals surface area (Å²) in [5, 5.41) is 3.02. The Hall–Kier alpha value is -1.51. The number of aryl methyl sites for hydroxylation is 1. The summed E-state index contributed by atoms with van der Waals surface area (Å²) in [7, 11) is 0. The molecule has 1 amide bonds.